The molecular formula is C11H15ClN2O2. The van der Waals surface area contributed by atoms with Crippen molar-refractivity contribution in [3.05, 3.63) is 23.5 Å². The van der Waals surface area contributed by atoms with Crippen LogP contribution in [0, 0.1) is 0 Å². The largest absolute Gasteiger partial charge is 0.366 e. The van der Waals surface area contributed by atoms with Gasteiger partial charge in [0.05, 0.1) is 17.5 Å². The number of carbonyl (C=O) groups is 1. The van der Waals surface area contributed by atoms with E-state index in [2.05, 4.69) is 10.3 Å². The lowest BCUT2D eigenvalue weighted by Crippen LogP contribution is -2.27. The minimum atomic E-state index is -0.324. The van der Waals surface area contributed by atoms with Crippen molar-refractivity contribution in [3.63, 3.8) is 0 Å². The Morgan fingerprint density at radius 2 is 2.19 bits per heavy atom. The number of halogens is 1. The lowest BCUT2D eigenvalue weighted by atomic mass is 10.2. The fourth-order valence-electron chi connectivity index (χ4n) is 0.929. The zero-order valence-electron chi connectivity index (χ0n) is 9.58. The number of carbonyl (C=O) groups excluding carboxylic acids is 1. The van der Waals surface area contributed by atoms with Gasteiger partial charge in [-0.05, 0) is 32.9 Å². The Bertz CT molecular complexity index is 357. The molecule has 5 heteroatoms. The van der Waals surface area contributed by atoms with Crippen LogP contribution in [0.5, 0.6) is 0 Å². The zero-order chi connectivity index (χ0) is 12.2. The first-order valence-electron chi connectivity index (χ1n) is 4.92. The minimum Gasteiger partial charge on any atom is -0.366 e. The van der Waals surface area contributed by atoms with E-state index in [1.807, 2.05) is 20.8 Å². The molecule has 1 N–H and O–H groups in total. The molecule has 0 saturated heterocycles. The number of ether oxygens (including phenoxy) is 1. The third-order valence-corrected chi connectivity index (χ3v) is 1.87. The normalized spacial score (nSPS) is 11.2. The molecule has 0 atom stereocenters. The first kappa shape index (κ1) is 12.9. The number of nitrogens with one attached hydrogen (secondary N) is 1. The predicted octanol–water partition coefficient (Wildman–Crippen LogP) is 2.49. The molecular weight excluding hydrogens is 228 g/mol. The number of aromatic nitrogens is 1. The highest BCUT2D eigenvalue weighted by molar-refractivity contribution is 6.29. The Labute approximate surface area is 100.0 Å². The van der Waals surface area contributed by atoms with Crippen molar-refractivity contribution in [1.82, 2.24) is 4.98 Å². The quantitative estimate of drug-likeness (QED) is 0.829. The first-order valence-corrected chi connectivity index (χ1v) is 5.30. The molecule has 16 heavy (non-hydrogen) atoms. The van der Waals surface area contributed by atoms with Crippen LogP contribution in [0.25, 0.3) is 0 Å². The summed E-state index contributed by atoms with van der Waals surface area (Å²) in [6, 6.07) is 3.30. The lowest BCUT2D eigenvalue weighted by molar-refractivity contribution is -0.125. The van der Waals surface area contributed by atoms with Crippen LogP contribution in [0.1, 0.15) is 20.8 Å². The summed E-state index contributed by atoms with van der Waals surface area (Å²) < 4.78 is 5.33. The molecule has 0 aliphatic rings. The molecule has 0 aliphatic heterocycles. The fraction of sp³-hybridized carbons (Fsp3) is 0.455. The second kappa shape index (κ2) is 5.27. The van der Waals surface area contributed by atoms with Gasteiger partial charge in [-0.2, -0.15) is 0 Å². The maximum Gasteiger partial charge on any atom is 0.250 e. The standard InChI is InChI=1S/C11H15ClN2O2/c1-11(2,3)16-7-10(15)14-8-4-5-9(12)13-6-8/h4-6H,7H2,1-3H3,(H,14,15). The number of amides is 1. The third kappa shape index (κ3) is 5.09. The molecule has 4 nitrogen and oxygen atoms in total. The molecule has 1 amide bonds. The van der Waals surface area contributed by atoms with Gasteiger partial charge in [0.1, 0.15) is 11.8 Å². The first-order chi connectivity index (χ1) is 7.37. The predicted molar refractivity (Wildman–Crippen MR) is 63.6 cm³/mol. The number of nitrogens with zero attached hydrogens (tertiary/aromatic N) is 1. The second-order valence-corrected chi connectivity index (χ2v) is 4.71. The van der Waals surface area contributed by atoms with Crippen molar-refractivity contribution in [1.29, 1.82) is 0 Å². The zero-order valence-corrected chi connectivity index (χ0v) is 10.3. The molecule has 1 aromatic rings. The van der Waals surface area contributed by atoms with Crippen molar-refractivity contribution in [2.24, 2.45) is 0 Å². The van der Waals surface area contributed by atoms with Crippen LogP contribution in [-0.4, -0.2) is 23.1 Å². The Balaban J connectivity index is 2.43. The van der Waals surface area contributed by atoms with E-state index < -0.39 is 0 Å². The van der Waals surface area contributed by atoms with Gasteiger partial charge < -0.3 is 10.1 Å². The van der Waals surface area contributed by atoms with E-state index in [0.717, 1.165) is 0 Å². The molecule has 0 radical (unpaired) electrons. The Hall–Kier alpha value is -1.13. The fourth-order valence-corrected chi connectivity index (χ4v) is 1.04. The molecule has 1 rings (SSSR count). The van der Waals surface area contributed by atoms with Crippen molar-refractivity contribution in [2.75, 3.05) is 11.9 Å². The van der Waals surface area contributed by atoms with Crippen LogP contribution < -0.4 is 5.32 Å². The van der Waals surface area contributed by atoms with Gasteiger partial charge in [0.15, 0.2) is 0 Å². The second-order valence-electron chi connectivity index (χ2n) is 4.32. The van der Waals surface area contributed by atoms with Gasteiger partial charge >= 0.3 is 0 Å². The van der Waals surface area contributed by atoms with E-state index in [-0.39, 0.29) is 18.1 Å². The van der Waals surface area contributed by atoms with Gasteiger partial charge in [-0.3, -0.25) is 4.79 Å². The van der Waals surface area contributed by atoms with Crippen LogP contribution in [-0.2, 0) is 9.53 Å². The number of pyridine rings is 1. The monoisotopic (exact) mass is 242 g/mol. The highest BCUT2D eigenvalue weighted by atomic mass is 35.5. The summed E-state index contributed by atoms with van der Waals surface area (Å²) >= 11 is 5.62. The Kier molecular flexibility index (Phi) is 4.26. The maximum absolute atomic E-state index is 11.4. The van der Waals surface area contributed by atoms with Crippen LogP contribution >= 0.6 is 11.6 Å². The van der Waals surface area contributed by atoms with Gasteiger partial charge in [0.25, 0.3) is 0 Å². The average Bonchev–Trinajstić information content (AvgIpc) is 2.18. The summed E-state index contributed by atoms with van der Waals surface area (Å²) in [5.41, 5.74) is 0.280. The third-order valence-electron chi connectivity index (χ3n) is 1.65. The molecule has 0 fully saturated rings. The summed E-state index contributed by atoms with van der Waals surface area (Å²) in [5, 5.41) is 3.05. The number of anilines is 1. The van der Waals surface area contributed by atoms with E-state index in [0.29, 0.717) is 10.8 Å². The summed E-state index contributed by atoms with van der Waals surface area (Å²) in [4.78, 5) is 15.3. The van der Waals surface area contributed by atoms with E-state index in [9.17, 15) is 4.79 Å². The molecule has 88 valence electrons. The number of hydrogen-bond acceptors (Lipinski definition) is 3. The highest BCUT2D eigenvalue weighted by Gasteiger charge is 2.12. The van der Waals surface area contributed by atoms with Crippen LogP contribution in [0.4, 0.5) is 5.69 Å². The van der Waals surface area contributed by atoms with Gasteiger partial charge in [-0.1, -0.05) is 11.6 Å². The summed E-state index contributed by atoms with van der Waals surface area (Å²) in [5.74, 6) is -0.209. The Morgan fingerprint density at radius 3 is 2.69 bits per heavy atom. The molecule has 0 aliphatic carbocycles. The van der Waals surface area contributed by atoms with Crippen molar-refractivity contribution < 1.29 is 9.53 Å². The molecule has 0 spiro atoms. The van der Waals surface area contributed by atoms with Crippen molar-refractivity contribution >= 4 is 23.2 Å². The van der Waals surface area contributed by atoms with Gasteiger partial charge in [-0.25, -0.2) is 4.98 Å². The topological polar surface area (TPSA) is 51.2 Å². The van der Waals surface area contributed by atoms with E-state index >= 15 is 0 Å². The molecule has 0 bridgehead atoms. The summed E-state index contributed by atoms with van der Waals surface area (Å²) in [6.07, 6.45) is 1.50. The van der Waals surface area contributed by atoms with Crippen LogP contribution in [0.15, 0.2) is 18.3 Å². The van der Waals surface area contributed by atoms with E-state index in [1.54, 1.807) is 12.1 Å². The molecule has 0 saturated carbocycles. The van der Waals surface area contributed by atoms with Crippen LogP contribution in [0.3, 0.4) is 0 Å². The SMILES string of the molecule is CC(C)(C)OCC(=O)Nc1ccc(Cl)nc1. The average molecular weight is 243 g/mol. The summed E-state index contributed by atoms with van der Waals surface area (Å²) in [6.45, 7) is 5.70. The Morgan fingerprint density at radius 1 is 1.50 bits per heavy atom. The number of hydrogen-bond donors (Lipinski definition) is 1. The minimum absolute atomic E-state index is 0.0200. The molecule has 0 unspecified atom stereocenters. The molecule has 0 aromatic carbocycles. The smallest absolute Gasteiger partial charge is 0.250 e. The van der Waals surface area contributed by atoms with E-state index in [1.165, 1.54) is 6.20 Å². The van der Waals surface area contributed by atoms with Gasteiger partial charge in [0.2, 0.25) is 5.91 Å². The van der Waals surface area contributed by atoms with Gasteiger partial charge in [0, 0.05) is 0 Å². The lowest BCUT2D eigenvalue weighted by Gasteiger charge is -2.18. The van der Waals surface area contributed by atoms with Crippen molar-refractivity contribution in [2.45, 2.75) is 26.4 Å². The van der Waals surface area contributed by atoms with Crippen molar-refractivity contribution in [3.8, 4) is 0 Å². The summed E-state index contributed by atoms with van der Waals surface area (Å²) in [7, 11) is 0. The molecule has 1 aromatic heterocycles. The van der Waals surface area contributed by atoms with Gasteiger partial charge in [-0.15, -0.1) is 0 Å². The highest BCUT2D eigenvalue weighted by Crippen LogP contribution is 2.10. The number of rotatable bonds is 3. The van der Waals surface area contributed by atoms with E-state index in [4.69, 9.17) is 16.3 Å². The maximum atomic E-state index is 11.4. The van der Waals surface area contributed by atoms with Crippen LogP contribution in [0.2, 0.25) is 5.15 Å². The molecule has 1 heterocycles.